The number of nitrogen functional groups attached to an aromatic ring is 1. The third-order valence-corrected chi connectivity index (χ3v) is 4.33. The summed E-state index contributed by atoms with van der Waals surface area (Å²) in [7, 11) is 0. The Kier molecular flexibility index (Phi) is 4.99. The predicted octanol–water partition coefficient (Wildman–Crippen LogP) is 3.09. The van der Waals surface area contributed by atoms with Gasteiger partial charge in [-0.15, -0.1) is 10.2 Å². The number of halogens is 1. The number of anilines is 1. The molecular weight excluding hydrogens is 380 g/mol. The zero-order valence-electron chi connectivity index (χ0n) is 11.9. The van der Waals surface area contributed by atoms with Crippen LogP contribution in [0.4, 0.5) is 5.95 Å². The van der Waals surface area contributed by atoms with E-state index in [2.05, 4.69) is 42.7 Å². The van der Waals surface area contributed by atoms with Crippen LogP contribution < -0.4 is 11.3 Å². The number of aromatic nitrogens is 3. The Labute approximate surface area is 145 Å². The molecule has 0 aliphatic rings. The van der Waals surface area contributed by atoms with E-state index in [1.54, 1.807) is 18.4 Å². The molecule has 3 N–H and O–H groups in total. The molecule has 1 aromatic carbocycles. The van der Waals surface area contributed by atoms with Crippen molar-refractivity contribution in [3.63, 3.8) is 0 Å². The summed E-state index contributed by atoms with van der Waals surface area (Å²) >= 11 is 4.95. The van der Waals surface area contributed by atoms with Gasteiger partial charge >= 0.3 is 0 Å². The molecular formula is C14H13BrN6OS. The average molecular weight is 393 g/mol. The second-order valence-corrected chi connectivity index (χ2v) is 6.34. The highest BCUT2D eigenvalue weighted by Crippen LogP contribution is 2.23. The summed E-state index contributed by atoms with van der Waals surface area (Å²) in [5, 5.41) is 12.6. The second kappa shape index (κ2) is 7.34. The highest BCUT2D eigenvalue weighted by atomic mass is 79.9. The lowest BCUT2D eigenvalue weighted by molar-refractivity contribution is 0.560. The average Bonchev–Trinajstić information content (AvgIpc) is 3.17. The number of nitrogens with zero attached hydrogens (tertiary/aromatic N) is 4. The minimum atomic E-state index is 0.351. The summed E-state index contributed by atoms with van der Waals surface area (Å²) in [5.41, 5.74) is 3.90. The number of hydrazone groups is 1. The zero-order chi connectivity index (χ0) is 16.1. The van der Waals surface area contributed by atoms with Crippen LogP contribution in [-0.4, -0.2) is 21.1 Å². The molecule has 0 radical (unpaired) electrons. The van der Waals surface area contributed by atoms with Crippen molar-refractivity contribution >= 4 is 39.9 Å². The van der Waals surface area contributed by atoms with Crippen molar-refractivity contribution in [1.29, 1.82) is 0 Å². The molecule has 2 aromatic heterocycles. The molecule has 0 bridgehead atoms. The van der Waals surface area contributed by atoms with E-state index in [0.29, 0.717) is 16.9 Å². The highest BCUT2D eigenvalue weighted by Gasteiger charge is 2.09. The Morgan fingerprint density at radius 2 is 2.26 bits per heavy atom. The van der Waals surface area contributed by atoms with E-state index in [1.807, 2.05) is 18.2 Å². The first-order valence-electron chi connectivity index (χ1n) is 6.62. The number of nitrogens with one attached hydrogen (secondary N) is 1. The molecule has 9 heteroatoms. The van der Waals surface area contributed by atoms with Crippen molar-refractivity contribution in [3.05, 3.63) is 58.5 Å². The van der Waals surface area contributed by atoms with Gasteiger partial charge in [0.05, 0.1) is 12.5 Å². The number of rotatable bonds is 6. The van der Waals surface area contributed by atoms with E-state index in [0.717, 1.165) is 15.8 Å². The standard InChI is InChI=1S/C14H13BrN6OS/c15-11-4-1-3-10(7-11)9-23-14-20-19-13(21(14)16)18-17-8-12-5-2-6-22-12/h1-8H,9,16H2,(H,18,19)/b17-8+. The predicted molar refractivity (Wildman–Crippen MR) is 93.8 cm³/mol. The summed E-state index contributed by atoms with van der Waals surface area (Å²) in [6.07, 6.45) is 3.10. The molecule has 0 fully saturated rings. The van der Waals surface area contributed by atoms with Gasteiger partial charge in [0.25, 0.3) is 5.95 Å². The maximum atomic E-state index is 5.96. The lowest BCUT2D eigenvalue weighted by atomic mass is 10.2. The van der Waals surface area contributed by atoms with Gasteiger partial charge in [-0.1, -0.05) is 39.8 Å². The molecule has 0 amide bonds. The van der Waals surface area contributed by atoms with Gasteiger partial charge in [0, 0.05) is 10.2 Å². The molecule has 0 saturated heterocycles. The van der Waals surface area contributed by atoms with Crippen LogP contribution in [-0.2, 0) is 5.75 Å². The Hall–Kier alpha value is -2.26. The Morgan fingerprint density at radius 1 is 1.35 bits per heavy atom. The Balaban J connectivity index is 1.60. The third-order valence-electron chi connectivity index (χ3n) is 2.82. The second-order valence-electron chi connectivity index (χ2n) is 4.48. The Bertz CT molecular complexity index is 801. The topological polar surface area (TPSA) is 94.3 Å². The van der Waals surface area contributed by atoms with Crippen molar-refractivity contribution in [1.82, 2.24) is 14.9 Å². The zero-order valence-corrected chi connectivity index (χ0v) is 14.3. The van der Waals surface area contributed by atoms with Gasteiger partial charge in [-0.2, -0.15) is 5.10 Å². The summed E-state index contributed by atoms with van der Waals surface area (Å²) < 4.78 is 7.54. The van der Waals surface area contributed by atoms with Gasteiger partial charge in [-0.3, -0.25) is 0 Å². The van der Waals surface area contributed by atoms with Crippen molar-refractivity contribution in [3.8, 4) is 0 Å². The summed E-state index contributed by atoms with van der Waals surface area (Å²) in [4.78, 5) is 0. The van der Waals surface area contributed by atoms with Crippen LogP contribution in [0.15, 0.2) is 61.8 Å². The molecule has 118 valence electrons. The van der Waals surface area contributed by atoms with Gasteiger partial charge < -0.3 is 10.3 Å². The first-order valence-corrected chi connectivity index (χ1v) is 8.40. The van der Waals surface area contributed by atoms with Gasteiger partial charge in [-0.05, 0) is 29.8 Å². The summed E-state index contributed by atoms with van der Waals surface area (Å²) in [6, 6.07) is 11.6. The molecule has 3 aromatic rings. The number of hydrogen-bond donors (Lipinski definition) is 2. The fourth-order valence-corrected chi connectivity index (χ4v) is 2.99. The molecule has 0 saturated carbocycles. The van der Waals surface area contributed by atoms with Crippen molar-refractivity contribution < 1.29 is 4.42 Å². The number of nitrogens with two attached hydrogens (primary N) is 1. The fraction of sp³-hybridized carbons (Fsp3) is 0.0714. The molecule has 7 nitrogen and oxygen atoms in total. The van der Waals surface area contributed by atoms with Crippen molar-refractivity contribution in [2.24, 2.45) is 5.10 Å². The summed E-state index contributed by atoms with van der Waals surface area (Å²) in [6.45, 7) is 0. The van der Waals surface area contributed by atoms with Gasteiger partial charge in [0.15, 0.2) is 0 Å². The van der Waals surface area contributed by atoms with E-state index in [1.165, 1.54) is 22.7 Å². The van der Waals surface area contributed by atoms with E-state index >= 15 is 0 Å². The molecule has 23 heavy (non-hydrogen) atoms. The van der Waals surface area contributed by atoms with E-state index < -0.39 is 0 Å². The maximum Gasteiger partial charge on any atom is 0.264 e. The van der Waals surface area contributed by atoms with Gasteiger partial charge in [0.2, 0.25) is 5.16 Å². The molecule has 0 spiro atoms. The molecule has 3 rings (SSSR count). The van der Waals surface area contributed by atoms with Crippen LogP contribution in [0.3, 0.4) is 0 Å². The van der Waals surface area contributed by atoms with Crippen LogP contribution in [0.5, 0.6) is 0 Å². The minimum Gasteiger partial charge on any atom is -0.463 e. The minimum absolute atomic E-state index is 0.351. The molecule has 0 aliphatic heterocycles. The SMILES string of the molecule is Nn1c(N/N=C/c2ccco2)nnc1SCc1cccc(Br)c1. The largest absolute Gasteiger partial charge is 0.463 e. The molecule has 0 atom stereocenters. The lowest BCUT2D eigenvalue weighted by Crippen LogP contribution is -2.13. The summed E-state index contributed by atoms with van der Waals surface area (Å²) in [5.74, 6) is 7.68. The number of thioether (sulfide) groups is 1. The van der Waals surface area contributed by atoms with Crippen LogP contribution in [0.1, 0.15) is 11.3 Å². The van der Waals surface area contributed by atoms with Crippen molar-refractivity contribution in [2.75, 3.05) is 11.3 Å². The van der Waals surface area contributed by atoms with Crippen LogP contribution in [0, 0.1) is 0 Å². The molecule has 0 unspecified atom stereocenters. The normalized spacial score (nSPS) is 11.2. The van der Waals surface area contributed by atoms with Crippen LogP contribution in [0.25, 0.3) is 0 Å². The lowest BCUT2D eigenvalue weighted by Gasteiger charge is -2.03. The molecule has 0 aliphatic carbocycles. The van der Waals surface area contributed by atoms with Crippen LogP contribution in [0.2, 0.25) is 0 Å². The van der Waals surface area contributed by atoms with Gasteiger partial charge in [0.1, 0.15) is 5.76 Å². The number of furan rings is 1. The quantitative estimate of drug-likeness (QED) is 0.289. The Morgan fingerprint density at radius 3 is 3.04 bits per heavy atom. The number of benzene rings is 1. The van der Waals surface area contributed by atoms with Crippen LogP contribution >= 0.6 is 27.7 Å². The highest BCUT2D eigenvalue weighted by molar-refractivity contribution is 9.10. The molecule has 2 heterocycles. The maximum absolute atomic E-state index is 5.96. The van der Waals surface area contributed by atoms with E-state index in [-0.39, 0.29) is 0 Å². The van der Waals surface area contributed by atoms with E-state index in [4.69, 9.17) is 10.3 Å². The monoisotopic (exact) mass is 392 g/mol. The van der Waals surface area contributed by atoms with Crippen molar-refractivity contribution in [2.45, 2.75) is 10.9 Å². The first kappa shape index (κ1) is 15.6. The van der Waals surface area contributed by atoms with Gasteiger partial charge in [-0.25, -0.2) is 10.1 Å². The fourth-order valence-electron chi connectivity index (χ4n) is 1.74. The number of hydrogen-bond acceptors (Lipinski definition) is 7. The smallest absolute Gasteiger partial charge is 0.264 e. The van der Waals surface area contributed by atoms with E-state index in [9.17, 15) is 0 Å². The first-order chi connectivity index (χ1) is 11.2. The third kappa shape index (κ3) is 4.14.